The summed E-state index contributed by atoms with van der Waals surface area (Å²) >= 11 is 0. The summed E-state index contributed by atoms with van der Waals surface area (Å²) in [7, 11) is 0. The summed E-state index contributed by atoms with van der Waals surface area (Å²) in [6, 6.07) is 6.24. The lowest BCUT2D eigenvalue weighted by Gasteiger charge is -2.12. The van der Waals surface area contributed by atoms with Crippen molar-refractivity contribution in [2.45, 2.75) is 25.2 Å². The van der Waals surface area contributed by atoms with Gasteiger partial charge in [0.2, 0.25) is 6.43 Å². The molecule has 16 heavy (non-hydrogen) atoms. The first kappa shape index (κ1) is 12.4. The highest BCUT2D eigenvalue weighted by atomic mass is 19.3. The molecule has 0 heterocycles. The first-order chi connectivity index (χ1) is 7.50. The highest BCUT2D eigenvalue weighted by Crippen LogP contribution is 2.24. The van der Waals surface area contributed by atoms with Gasteiger partial charge in [-0.25, -0.2) is 8.78 Å². The monoisotopic (exact) mass is 229 g/mol. The minimum atomic E-state index is -2.48. The van der Waals surface area contributed by atoms with Crippen LogP contribution in [0.2, 0.25) is 0 Å². The standard InChI is InChI=1S/C11H13F2NO2/c12-10(13)6-5-9(11(15)16)7-1-3-8(14)4-2-7/h1-4,9-10H,5-6,14H2,(H,15,16). The van der Waals surface area contributed by atoms with Crippen molar-refractivity contribution < 1.29 is 18.7 Å². The molecule has 0 saturated heterocycles. The summed E-state index contributed by atoms with van der Waals surface area (Å²) in [5.74, 6) is -1.99. The number of halogens is 2. The molecule has 0 aliphatic carbocycles. The van der Waals surface area contributed by atoms with Crippen molar-refractivity contribution in [1.82, 2.24) is 0 Å². The van der Waals surface area contributed by atoms with Gasteiger partial charge in [0.1, 0.15) is 0 Å². The molecular weight excluding hydrogens is 216 g/mol. The van der Waals surface area contributed by atoms with Gasteiger partial charge in [-0.3, -0.25) is 4.79 Å². The van der Waals surface area contributed by atoms with Crippen molar-refractivity contribution in [2.75, 3.05) is 5.73 Å². The van der Waals surface area contributed by atoms with Crippen molar-refractivity contribution in [3.63, 3.8) is 0 Å². The third kappa shape index (κ3) is 3.49. The fourth-order valence-electron chi connectivity index (χ4n) is 1.45. The minimum absolute atomic E-state index is 0.0725. The average molecular weight is 229 g/mol. The van der Waals surface area contributed by atoms with Crippen LogP contribution in [-0.2, 0) is 4.79 Å². The van der Waals surface area contributed by atoms with Crippen LogP contribution in [0.5, 0.6) is 0 Å². The number of rotatable bonds is 5. The molecule has 0 bridgehead atoms. The molecule has 1 aromatic rings. The van der Waals surface area contributed by atoms with Gasteiger partial charge in [-0.05, 0) is 24.1 Å². The number of carboxylic acids is 1. The van der Waals surface area contributed by atoms with Gasteiger partial charge in [-0.2, -0.15) is 0 Å². The van der Waals surface area contributed by atoms with E-state index in [0.29, 0.717) is 11.3 Å². The second-order valence-corrected chi connectivity index (χ2v) is 3.53. The Morgan fingerprint density at radius 1 is 1.25 bits per heavy atom. The van der Waals surface area contributed by atoms with E-state index in [1.165, 1.54) is 0 Å². The number of alkyl halides is 2. The molecular formula is C11H13F2NO2. The molecule has 1 unspecified atom stereocenters. The molecule has 88 valence electrons. The molecule has 1 rings (SSSR count). The molecule has 0 amide bonds. The van der Waals surface area contributed by atoms with Gasteiger partial charge >= 0.3 is 5.97 Å². The number of nitrogens with two attached hydrogens (primary N) is 1. The Balaban J connectivity index is 2.77. The zero-order valence-electron chi connectivity index (χ0n) is 8.57. The highest BCUT2D eigenvalue weighted by Gasteiger charge is 2.21. The lowest BCUT2D eigenvalue weighted by atomic mass is 9.94. The first-order valence-corrected chi connectivity index (χ1v) is 4.87. The van der Waals surface area contributed by atoms with Gasteiger partial charge < -0.3 is 10.8 Å². The topological polar surface area (TPSA) is 63.3 Å². The van der Waals surface area contributed by atoms with E-state index in [9.17, 15) is 13.6 Å². The Morgan fingerprint density at radius 3 is 2.25 bits per heavy atom. The number of hydrogen-bond donors (Lipinski definition) is 2. The van der Waals surface area contributed by atoms with Crippen LogP contribution in [0.15, 0.2) is 24.3 Å². The molecule has 0 aliphatic rings. The number of carboxylic acid groups (broad SMARTS) is 1. The van der Waals surface area contributed by atoms with E-state index in [-0.39, 0.29) is 6.42 Å². The van der Waals surface area contributed by atoms with Crippen LogP contribution in [-0.4, -0.2) is 17.5 Å². The summed E-state index contributed by atoms with van der Waals surface area (Å²) in [5, 5.41) is 8.93. The molecule has 0 aromatic heterocycles. The molecule has 1 atom stereocenters. The van der Waals surface area contributed by atoms with Crippen molar-refractivity contribution in [3.8, 4) is 0 Å². The molecule has 0 aliphatic heterocycles. The Hall–Kier alpha value is -1.65. The molecule has 0 fully saturated rings. The molecule has 5 heteroatoms. The van der Waals surface area contributed by atoms with Crippen molar-refractivity contribution in [2.24, 2.45) is 0 Å². The predicted octanol–water partition coefficient (Wildman–Crippen LogP) is 2.48. The van der Waals surface area contributed by atoms with Gasteiger partial charge in [0, 0.05) is 12.1 Å². The summed E-state index contributed by atoms with van der Waals surface area (Å²) in [5.41, 5.74) is 6.48. The Morgan fingerprint density at radius 2 is 1.81 bits per heavy atom. The van der Waals surface area contributed by atoms with Crippen LogP contribution in [0, 0.1) is 0 Å². The summed E-state index contributed by atoms with van der Waals surface area (Å²) in [4.78, 5) is 10.9. The zero-order valence-corrected chi connectivity index (χ0v) is 8.57. The molecule has 0 saturated carbocycles. The van der Waals surface area contributed by atoms with E-state index in [1.807, 2.05) is 0 Å². The van der Waals surface area contributed by atoms with E-state index < -0.39 is 24.7 Å². The molecule has 0 radical (unpaired) electrons. The van der Waals surface area contributed by atoms with Gasteiger partial charge in [0.25, 0.3) is 0 Å². The van der Waals surface area contributed by atoms with Gasteiger partial charge in [-0.15, -0.1) is 0 Å². The van der Waals surface area contributed by atoms with Crippen LogP contribution in [0.25, 0.3) is 0 Å². The number of hydrogen-bond acceptors (Lipinski definition) is 2. The van der Waals surface area contributed by atoms with Crippen LogP contribution in [0.1, 0.15) is 24.3 Å². The van der Waals surface area contributed by atoms with Gasteiger partial charge in [0.15, 0.2) is 0 Å². The second-order valence-electron chi connectivity index (χ2n) is 3.53. The third-order valence-corrected chi connectivity index (χ3v) is 2.31. The van der Waals surface area contributed by atoms with Crippen LogP contribution in [0.3, 0.4) is 0 Å². The quantitative estimate of drug-likeness (QED) is 0.762. The Labute approximate surface area is 91.9 Å². The van der Waals surface area contributed by atoms with E-state index in [4.69, 9.17) is 10.8 Å². The van der Waals surface area contributed by atoms with Crippen molar-refractivity contribution in [3.05, 3.63) is 29.8 Å². The fourth-order valence-corrected chi connectivity index (χ4v) is 1.45. The molecule has 1 aromatic carbocycles. The Kier molecular flexibility index (Phi) is 4.22. The van der Waals surface area contributed by atoms with E-state index >= 15 is 0 Å². The van der Waals surface area contributed by atoms with Crippen molar-refractivity contribution in [1.29, 1.82) is 0 Å². The minimum Gasteiger partial charge on any atom is -0.481 e. The maximum atomic E-state index is 12.0. The SMILES string of the molecule is Nc1ccc(C(CCC(F)F)C(=O)O)cc1. The maximum Gasteiger partial charge on any atom is 0.310 e. The average Bonchev–Trinajstić information content (AvgIpc) is 2.20. The van der Waals surface area contributed by atoms with E-state index in [2.05, 4.69) is 0 Å². The van der Waals surface area contributed by atoms with Crippen LogP contribution in [0.4, 0.5) is 14.5 Å². The summed E-state index contributed by atoms with van der Waals surface area (Å²) in [6.07, 6.45) is -2.96. The fraction of sp³-hybridized carbons (Fsp3) is 0.364. The summed E-state index contributed by atoms with van der Waals surface area (Å²) < 4.78 is 24.1. The normalized spacial score (nSPS) is 12.7. The zero-order chi connectivity index (χ0) is 12.1. The predicted molar refractivity (Wildman–Crippen MR) is 56.5 cm³/mol. The van der Waals surface area contributed by atoms with Gasteiger partial charge in [0.05, 0.1) is 5.92 Å². The highest BCUT2D eigenvalue weighted by molar-refractivity contribution is 5.76. The van der Waals surface area contributed by atoms with Crippen LogP contribution >= 0.6 is 0 Å². The van der Waals surface area contributed by atoms with Crippen LogP contribution < -0.4 is 5.73 Å². The van der Waals surface area contributed by atoms with E-state index in [0.717, 1.165) is 0 Å². The second kappa shape index (κ2) is 5.44. The lowest BCUT2D eigenvalue weighted by Crippen LogP contribution is -2.13. The van der Waals surface area contributed by atoms with Gasteiger partial charge in [-0.1, -0.05) is 12.1 Å². The number of carbonyl (C=O) groups is 1. The maximum absolute atomic E-state index is 12.0. The molecule has 3 nitrogen and oxygen atoms in total. The van der Waals surface area contributed by atoms with E-state index in [1.54, 1.807) is 24.3 Å². The number of anilines is 1. The third-order valence-electron chi connectivity index (χ3n) is 2.31. The Bertz CT molecular complexity index is 352. The van der Waals surface area contributed by atoms with Crippen molar-refractivity contribution >= 4 is 11.7 Å². The largest absolute Gasteiger partial charge is 0.481 e. The summed E-state index contributed by atoms with van der Waals surface area (Å²) in [6.45, 7) is 0. The number of nitrogen functional groups attached to an aromatic ring is 1. The number of aliphatic carboxylic acids is 1. The first-order valence-electron chi connectivity index (χ1n) is 4.87. The number of benzene rings is 1. The molecule has 3 N–H and O–H groups in total. The molecule has 0 spiro atoms. The smallest absolute Gasteiger partial charge is 0.310 e. The lowest BCUT2D eigenvalue weighted by molar-refractivity contribution is -0.139.